The van der Waals surface area contributed by atoms with Gasteiger partial charge in [0.05, 0.1) is 11.4 Å². The third-order valence-electron chi connectivity index (χ3n) is 3.13. The van der Waals surface area contributed by atoms with Crippen LogP contribution in [0, 0.1) is 0 Å². The topological polar surface area (TPSA) is 50.7 Å². The SMILES string of the molecule is CCCC(N)Cc1ccc(/N=N/c2ccccc2)cc1. The highest BCUT2D eigenvalue weighted by atomic mass is 15.1. The summed E-state index contributed by atoms with van der Waals surface area (Å²) in [6.45, 7) is 2.16. The van der Waals surface area contributed by atoms with Gasteiger partial charge in [0.1, 0.15) is 0 Å². The lowest BCUT2D eigenvalue weighted by Crippen LogP contribution is -2.22. The Bertz CT molecular complexity index is 532. The lowest BCUT2D eigenvalue weighted by Gasteiger charge is -2.09. The van der Waals surface area contributed by atoms with Crippen molar-refractivity contribution in [1.82, 2.24) is 0 Å². The molecule has 0 aliphatic rings. The molecule has 2 aromatic carbocycles. The summed E-state index contributed by atoms with van der Waals surface area (Å²) in [5.41, 5.74) is 9.03. The van der Waals surface area contributed by atoms with Gasteiger partial charge in [-0.05, 0) is 42.7 Å². The number of hydrogen-bond donors (Lipinski definition) is 1. The van der Waals surface area contributed by atoms with Crippen LogP contribution in [0.2, 0.25) is 0 Å². The Morgan fingerprint density at radius 3 is 2.10 bits per heavy atom. The van der Waals surface area contributed by atoms with Crippen molar-refractivity contribution in [2.75, 3.05) is 0 Å². The highest BCUT2D eigenvalue weighted by Gasteiger charge is 2.02. The summed E-state index contributed by atoms with van der Waals surface area (Å²) in [4.78, 5) is 0. The van der Waals surface area contributed by atoms with Gasteiger partial charge >= 0.3 is 0 Å². The molecule has 1 atom stereocenters. The lowest BCUT2D eigenvalue weighted by atomic mass is 10.0. The molecule has 3 nitrogen and oxygen atoms in total. The second-order valence-electron chi connectivity index (χ2n) is 4.95. The normalized spacial score (nSPS) is 12.7. The predicted molar refractivity (Wildman–Crippen MR) is 83.6 cm³/mol. The number of benzene rings is 2. The second kappa shape index (κ2) is 7.56. The zero-order valence-electron chi connectivity index (χ0n) is 11.9. The van der Waals surface area contributed by atoms with Crippen LogP contribution in [0.25, 0.3) is 0 Å². The van der Waals surface area contributed by atoms with E-state index in [9.17, 15) is 0 Å². The first kappa shape index (κ1) is 14.4. The minimum absolute atomic E-state index is 0.247. The van der Waals surface area contributed by atoms with Gasteiger partial charge in [0.15, 0.2) is 0 Å². The summed E-state index contributed by atoms with van der Waals surface area (Å²) in [5, 5.41) is 8.42. The van der Waals surface area contributed by atoms with Gasteiger partial charge in [0.2, 0.25) is 0 Å². The van der Waals surface area contributed by atoms with E-state index in [4.69, 9.17) is 5.73 Å². The lowest BCUT2D eigenvalue weighted by molar-refractivity contribution is 0.600. The first-order valence-corrected chi connectivity index (χ1v) is 7.09. The summed E-state index contributed by atoms with van der Waals surface area (Å²) in [6, 6.07) is 18.1. The molecule has 2 aromatic rings. The molecule has 0 amide bonds. The van der Waals surface area contributed by atoms with Crippen molar-refractivity contribution < 1.29 is 0 Å². The highest BCUT2D eigenvalue weighted by Crippen LogP contribution is 2.18. The summed E-state index contributed by atoms with van der Waals surface area (Å²) < 4.78 is 0. The quantitative estimate of drug-likeness (QED) is 0.753. The fraction of sp³-hybridized carbons (Fsp3) is 0.294. The fourth-order valence-corrected chi connectivity index (χ4v) is 2.08. The van der Waals surface area contributed by atoms with Crippen LogP contribution >= 0.6 is 0 Å². The van der Waals surface area contributed by atoms with Crippen molar-refractivity contribution in [3.8, 4) is 0 Å². The Morgan fingerprint density at radius 1 is 0.900 bits per heavy atom. The van der Waals surface area contributed by atoms with E-state index in [1.165, 1.54) is 5.56 Å². The van der Waals surface area contributed by atoms with E-state index in [1.54, 1.807) is 0 Å². The van der Waals surface area contributed by atoms with Crippen LogP contribution in [0.4, 0.5) is 11.4 Å². The van der Waals surface area contributed by atoms with Crippen LogP contribution in [0.1, 0.15) is 25.3 Å². The van der Waals surface area contributed by atoms with Gasteiger partial charge in [-0.25, -0.2) is 0 Å². The fourth-order valence-electron chi connectivity index (χ4n) is 2.08. The Kier molecular flexibility index (Phi) is 5.44. The minimum atomic E-state index is 0.247. The third kappa shape index (κ3) is 4.59. The average molecular weight is 267 g/mol. The van der Waals surface area contributed by atoms with E-state index in [-0.39, 0.29) is 6.04 Å². The molecular formula is C17H21N3. The van der Waals surface area contributed by atoms with Crippen molar-refractivity contribution in [3.63, 3.8) is 0 Å². The third-order valence-corrected chi connectivity index (χ3v) is 3.13. The number of rotatable bonds is 6. The Morgan fingerprint density at radius 2 is 1.50 bits per heavy atom. The number of azo groups is 1. The van der Waals surface area contributed by atoms with E-state index >= 15 is 0 Å². The zero-order chi connectivity index (χ0) is 14.2. The van der Waals surface area contributed by atoms with E-state index in [0.29, 0.717) is 0 Å². The van der Waals surface area contributed by atoms with Crippen molar-refractivity contribution in [2.24, 2.45) is 16.0 Å². The summed E-state index contributed by atoms with van der Waals surface area (Å²) in [7, 11) is 0. The Balaban J connectivity index is 1.96. The van der Waals surface area contributed by atoms with Crippen LogP contribution < -0.4 is 5.73 Å². The number of nitrogens with zero attached hydrogens (tertiary/aromatic N) is 2. The molecule has 0 saturated heterocycles. The molecule has 0 aliphatic heterocycles. The number of hydrogen-bond acceptors (Lipinski definition) is 3. The minimum Gasteiger partial charge on any atom is -0.327 e. The van der Waals surface area contributed by atoms with Crippen LogP contribution in [0.5, 0.6) is 0 Å². The Labute approximate surface area is 120 Å². The summed E-state index contributed by atoms with van der Waals surface area (Å²) in [5.74, 6) is 0. The second-order valence-corrected chi connectivity index (χ2v) is 4.95. The standard InChI is InChI=1S/C17H21N3/c1-2-6-15(18)13-14-9-11-17(12-10-14)20-19-16-7-4-3-5-8-16/h3-5,7-12,15H,2,6,13,18H2,1H3/b20-19+. The van der Waals surface area contributed by atoms with Gasteiger partial charge in [-0.3, -0.25) is 0 Å². The first-order valence-electron chi connectivity index (χ1n) is 7.09. The van der Waals surface area contributed by atoms with Crippen LogP contribution in [-0.2, 0) is 6.42 Å². The van der Waals surface area contributed by atoms with E-state index in [2.05, 4.69) is 29.3 Å². The van der Waals surface area contributed by atoms with Gasteiger partial charge < -0.3 is 5.73 Å². The van der Waals surface area contributed by atoms with E-state index in [1.807, 2.05) is 42.5 Å². The molecule has 104 valence electrons. The average Bonchev–Trinajstić information content (AvgIpc) is 2.48. The molecule has 0 saturated carbocycles. The van der Waals surface area contributed by atoms with Crippen LogP contribution in [-0.4, -0.2) is 6.04 Å². The molecule has 1 unspecified atom stereocenters. The van der Waals surface area contributed by atoms with Crippen LogP contribution in [0.15, 0.2) is 64.8 Å². The van der Waals surface area contributed by atoms with Crippen LogP contribution in [0.3, 0.4) is 0 Å². The van der Waals surface area contributed by atoms with Gasteiger partial charge in [-0.1, -0.05) is 43.7 Å². The molecule has 3 heteroatoms. The molecule has 0 radical (unpaired) electrons. The largest absolute Gasteiger partial charge is 0.327 e. The Hall–Kier alpha value is -2.00. The summed E-state index contributed by atoms with van der Waals surface area (Å²) >= 11 is 0. The number of nitrogens with two attached hydrogens (primary N) is 1. The molecule has 0 fully saturated rings. The molecule has 2 N–H and O–H groups in total. The maximum Gasteiger partial charge on any atom is 0.0857 e. The molecule has 0 spiro atoms. The zero-order valence-corrected chi connectivity index (χ0v) is 11.9. The molecule has 0 aliphatic carbocycles. The molecule has 20 heavy (non-hydrogen) atoms. The first-order chi connectivity index (χ1) is 9.78. The monoisotopic (exact) mass is 267 g/mol. The highest BCUT2D eigenvalue weighted by molar-refractivity contribution is 5.41. The predicted octanol–water partition coefficient (Wildman–Crippen LogP) is 4.77. The van der Waals surface area contributed by atoms with Gasteiger partial charge in [0.25, 0.3) is 0 Å². The van der Waals surface area contributed by atoms with E-state index < -0.39 is 0 Å². The van der Waals surface area contributed by atoms with Crippen molar-refractivity contribution >= 4 is 11.4 Å². The maximum atomic E-state index is 6.05. The smallest absolute Gasteiger partial charge is 0.0857 e. The molecule has 0 heterocycles. The maximum absolute atomic E-state index is 6.05. The van der Waals surface area contributed by atoms with Crippen molar-refractivity contribution in [2.45, 2.75) is 32.2 Å². The van der Waals surface area contributed by atoms with Crippen molar-refractivity contribution in [3.05, 3.63) is 60.2 Å². The van der Waals surface area contributed by atoms with Crippen molar-refractivity contribution in [1.29, 1.82) is 0 Å². The van der Waals surface area contributed by atoms with Gasteiger partial charge in [-0.15, -0.1) is 0 Å². The summed E-state index contributed by atoms with van der Waals surface area (Å²) in [6.07, 6.45) is 3.12. The molecule has 2 rings (SSSR count). The van der Waals surface area contributed by atoms with E-state index in [0.717, 1.165) is 30.6 Å². The molecular weight excluding hydrogens is 246 g/mol. The van der Waals surface area contributed by atoms with Gasteiger partial charge in [-0.2, -0.15) is 10.2 Å². The molecule has 0 aromatic heterocycles. The molecule has 0 bridgehead atoms. The van der Waals surface area contributed by atoms with Gasteiger partial charge in [0, 0.05) is 6.04 Å².